The maximum atomic E-state index is 10.4. The molecule has 0 bridgehead atoms. The van der Waals surface area contributed by atoms with E-state index in [1.54, 1.807) is 11.3 Å². The zero-order valence-electron chi connectivity index (χ0n) is 14.0. The molecule has 3 saturated heterocycles. The van der Waals surface area contributed by atoms with Crippen LogP contribution >= 0.6 is 11.3 Å². The Kier molecular flexibility index (Phi) is 5.31. The van der Waals surface area contributed by atoms with Gasteiger partial charge in [-0.25, -0.2) is 4.98 Å². The maximum absolute atomic E-state index is 10.4. The number of aliphatic hydroxyl groups excluding tert-OH is 1. The number of hydrogen-bond donors (Lipinski definition) is 1. The van der Waals surface area contributed by atoms with Crippen LogP contribution in [0.2, 0.25) is 0 Å². The fourth-order valence-corrected chi connectivity index (χ4v) is 4.74. The lowest BCUT2D eigenvalue weighted by Gasteiger charge is -2.33. The number of hydrogen-bond acceptors (Lipinski definition) is 8. The highest BCUT2D eigenvalue weighted by molar-refractivity contribution is 7.15. The Morgan fingerprint density at radius 1 is 1.08 bits per heavy atom. The molecule has 8 heteroatoms. The Hall–Kier alpha value is -0.770. The Morgan fingerprint density at radius 3 is 2.54 bits per heavy atom. The van der Waals surface area contributed by atoms with Gasteiger partial charge in [-0.2, -0.15) is 0 Å². The third kappa shape index (κ3) is 3.74. The molecule has 4 heterocycles. The molecule has 134 valence electrons. The second-order valence-electron chi connectivity index (χ2n) is 6.69. The van der Waals surface area contributed by atoms with Gasteiger partial charge in [-0.05, 0) is 0 Å². The molecule has 0 radical (unpaired) electrons. The normalized spacial score (nSPS) is 30.1. The minimum atomic E-state index is -0.269. The number of morpholine rings is 2. The molecule has 7 nitrogen and oxygen atoms in total. The number of nitrogens with zero attached hydrogens (tertiary/aromatic N) is 4. The average Bonchev–Trinajstić information content (AvgIpc) is 3.23. The number of aliphatic hydroxyl groups is 1. The molecule has 0 saturated carbocycles. The second-order valence-corrected chi connectivity index (χ2v) is 7.78. The second kappa shape index (κ2) is 7.63. The van der Waals surface area contributed by atoms with Crippen LogP contribution in [0.5, 0.6) is 0 Å². The summed E-state index contributed by atoms with van der Waals surface area (Å²) in [7, 11) is 0. The van der Waals surface area contributed by atoms with Gasteiger partial charge in [-0.3, -0.25) is 9.80 Å². The first-order valence-electron chi connectivity index (χ1n) is 8.79. The highest BCUT2D eigenvalue weighted by atomic mass is 32.1. The van der Waals surface area contributed by atoms with E-state index in [1.807, 2.05) is 6.20 Å². The van der Waals surface area contributed by atoms with Crippen LogP contribution in [0.25, 0.3) is 0 Å². The SMILES string of the molecule is O[C@H]1CN(Cc2cnc(N3CCOCC3)s2)C[C@@H]1N1CCOCC1. The van der Waals surface area contributed by atoms with Crippen LogP contribution in [0.1, 0.15) is 4.88 Å². The molecular formula is C16H26N4O3S. The lowest BCUT2D eigenvalue weighted by Crippen LogP contribution is -2.48. The third-order valence-corrected chi connectivity index (χ3v) is 6.09. The van der Waals surface area contributed by atoms with Gasteiger partial charge in [0.25, 0.3) is 0 Å². The summed E-state index contributed by atoms with van der Waals surface area (Å²) < 4.78 is 10.8. The number of β-amino-alcohol motifs (C(OH)–C–C–N with tert-alkyl or cyclic N) is 1. The first-order valence-corrected chi connectivity index (χ1v) is 9.61. The van der Waals surface area contributed by atoms with Crippen LogP contribution < -0.4 is 4.90 Å². The predicted molar refractivity (Wildman–Crippen MR) is 92.6 cm³/mol. The van der Waals surface area contributed by atoms with Crippen LogP contribution in [0, 0.1) is 0 Å². The molecule has 1 aromatic rings. The van der Waals surface area contributed by atoms with Crippen LogP contribution in [0.15, 0.2) is 6.20 Å². The first kappa shape index (κ1) is 16.7. The summed E-state index contributed by atoms with van der Waals surface area (Å²) in [4.78, 5) is 12.9. The summed E-state index contributed by atoms with van der Waals surface area (Å²) in [6.45, 7) is 9.38. The van der Waals surface area contributed by atoms with Crippen molar-refractivity contribution >= 4 is 16.5 Å². The van der Waals surface area contributed by atoms with E-state index in [9.17, 15) is 5.11 Å². The van der Waals surface area contributed by atoms with Crippen LogP contribution in [-0.4, -0.2) is 97.7 Å². The van der Waals surface area contributed by atoms with Gasteiger partial charge in [-0.1, -0.05) is 0 Å². The van der Waals surface area contributed by atoms with Gasteiger partial charge in [0.05, 0.1) is 32.5 Å². The van der Waals surface area contributed by atoms with Gasteiger partial charge in [0.2, 0.25) is 0 Å². The van der Waals surface area contributed by atoms with E-state index >= 15 is 0 Å². The van der Waals surface area contributed by atoms with E-state index in [0.29, 0.717) is 0 Å². The van der Waals surface area contributed by atoms with Gasteiger partial charge in [0.15, 0.2) is 5.13 Å². The summed E-state index contributed by atoms with van der Waals surface area (Å²) >= 11 is 1.77. The largest absolute Gasteiger partial charge is 0.390 e. The number of thiazole rings is 1. The summed E-state index contributed by atoms with van der Waals surface area (Å²) in [6.07, 6.45) is 1.72. The Bertz CT molecular complexity index is 531. The topological polar surface area (TPSA) is 61.3 Å². The zero-order valence-corrected chi connectivity index (χ0v) is 14.8. The van der Waals surface area contributed by atoms with E-state index in [0.717, 1.165) is 77.4 Å². The van der Waals surface area contributed by atoms with Crippen molar-refractivity contribution in [3.8, 4) is 0 Å². The van der Waals surface area contributed by atoms with Crippen molar-refractivity contribution in [1.29, 1.82) is 0 Å². The summed E-state index contributed by atoms with van der Waals surface area (Å²) in [5, 5.41) is 11.5. The lowest BCUT2D eigenvalue weighted by molar-refractivity contribution is -0.00618. The van der Waals surface area contributed by atoms with E-state index in [2.05, 4.69) is 19.7 Å². The van der Waals surface area contributed by atoms with Crippen molar-refractivity contribution in [1.82, 2.24) is 14.8 Å². The standard InChI is InChI=1S/C16H26N4O3S/c21-15-12-18(11-14(15)19-1-5-22-6-2-19)10-13-9-17-16(24-13)20-3-7-23-8-4-20/h9,14-15,21H,1-8,10-12H2/t14-,15-/m0/s1. The minimum Gasteiger partial charge on any atom is -0.390 e. The number of rotatable bonds is 4. The number of aromatic nitrogens is 1. The highest BCUT2D eigenvalue weighted by Crippen LogP contribution is 2.26. The summed E-state index contributed by atoms with van der Waals surface area (Å²) in [5.41, 5.74) is 0. The fourth-order valence-electron chi connectivity index (χ4n) is 3.74. The quantitative estimate of drug-likeness (QED) is 0.807. The third-order valence-electron chi connectivity index (χ3n) is 5.05. The average molecular weight is 354 g/mol. The minimum absolute atomic E-state index is 0.237. The Morgan fingerprint density at radius 2 is 1.79 bits per heavy atom. The smallest absolute Gasteiger partial charge is 0.185 e. The molecule has 0 amide bonds. The highest BCUT2D eigenvalue weighted by Gasteiger charge is 2.36. The molecule has 2 atom stereocenters. The maximum Gasteiger partial charge on any atom is 0.185 e. The molecule has 3 aliphatic rings. The van der Waals surface area contributed by atoms with E-state index in [-0.39, 0.29) is 12.1 Å². The van der Waals surface area contributed by atoms with Crippen molar-refractivity contribution in [2.45, 2.75) is 18.7 Å². The van der Waals surface area contributed by atoms with E-state index < -0.39 is 0 Å². The molecule has 24 heavy (non-hydrogen) atoms. The Balaban J connectivity index is 1.33. The van der Waals surface area contributed by atoms with Crippen molar-refractivity contribution < 1.29 is 14.6 Å². The fraction of sp³-hybridized carbons (Fsp3) is 0.812. The van der Waals surface area contributed by atoms with Gasteiger partial charge < -0.3 is 19.5 Å². The summed E-state index contributed by atoms with van der Waals surface area (Å²) in [6, 6.07) is 0.237. The molecule has 3 fully saturated rings. The van der Waals surface area contributed by atoms with Crippen molar-refractivity contribution in [2.24, 2.45) is 0 Å². The van der Waals surface area contributed by atoms with Crippen molar-refractivity contribution in [3.63, 3.8) is 0 Å². The van der Waals surface area contributed by atoms with Crippen LogP contribution in [0.4, 0.5) is 5.13 Å². The van der Waals surface area contributed by atoms with Gasteiger partial charge >= 0.3 is 0 Å². The molecule has 3 aliphatic heterocycles. The van der Waals surface area contributed by atoms with Crippen molar-refractivity contribution in [2.75, 3.05) is 70.6 Å². The molecule has 0 aromatic carbocycles. The van der Waals surface area contributed by atoms with E-state index in [1.165, 1.54) is 4.88 Å². The van der Waals surface area contributed by atoms with Gasteiger partial charge in [0, 0.05) is 62.9 Å². The number of ether oxygens (including phenoxy) is 2. The monoisotopic (exact) mass is 354 g/mol. The van der Waals surface area contributed by atoms with Crippen molar-refractivity contribution in [3.05, 3.63) is 11.1 Å². The number of likely N-dealkylation sites (tertiary alicyclic amines) is 1. The molecule has 4 rings (SSSR count). The Labute approximate surface area is 146 Å². The molecule has 1 aromatic heterocycles. The molecule has 1 N–H and O–H groups in total. The first-order chi connectivity index (χ1) is 11.8. The van der Waals surface area contributed by atoms with Gasteiger partial charge in [0.1, 0.15) is 0 Å². The molecule has 0 aliphatic carbocycles. The molecule has 0 unspecified atom stereocenters. The zero-order chi connectivity index (χ0) is 16.4. The number of anilines is 1. The van der Waals surface area contributed by atoms with Gasteiger partial charge in [-0.15, -0.1) is 11.3 Å². The molecule has 0 spiro atoms. The van der Waals surface area contributed by atoms with Crippen LogP contribution in [0.3, 0.4) is 0 Å². The summed E-state index contributed by atoms with van der Waals surface area (Å²) in [5.74, 6) is 0. The molecular weight excluding hydrogens is 328 g/mol. The lowest BCUT2D eigenvalue weighted by atomic mass is 10.2. The van der Waals surface area contributed by atoms with Crippen LogP contribution in [-0.2, 0) is 16.0 Å². The predicted octanol–water partition coefficient (Wildman–Crippen LogP) is -0.143. The van der Waals surface area contributed by atoms with E-state index in [4.69, 9.17) is 9.47 Å².